The van der Waals surface area contributed by atoms with Crippen LogP contribution in [0.25, 0.3) is 22.4 Å². The van der Waals surface area contributed by atoms with Crippen LogP contribution < -0.4 is 10.5 Å². The van der Waals surface area contributed by atoms with Crippen molar-refractivity contribution >= 4 is 51.1 Å². The third-order valence-corrected chi connectivity index (χ3v) is 4.33. The molecule has 0 saturated carbocycles. The molecule has 0 aliphatic rings. The van der Waals surface area contributed by atoms with Crippen molar-refractivity contribution in [3.05, 3.63) is 58.2 Å². The van der Waals surface area contributed by atoms with E-state index in [4.69, 9.17) is 22.1 Å². The maximum Gasteiger partial charge on any atom is 0.123 e. The summed E-state index contributed by atoms with van der Waals surface area (Å²) in [6, 6.07) is 9.42. The Balaban J connectivity index is 1.80. The summed E-state index contributed by atoms with van der Waals surface area (Å²) in [6.45, 7) is 0. The van der Waals surface area contributed by atoms with Gasteiger partial charge in [0.15, 0.2) is 0 Å². The molecule has 0 saturated heterocycles. The van der Waals surface area contributed by atoms with Gasteiger partial charge in [-0.25, -0.2) is 9.97 Å². The Kier molecular flexibility index (Phi) is 4.60. The van der Waals surface area contributed by atoms with Crippen molar-refractivity contribution in [2.24, 2.45) is 0 Å². The van der Waals surface area contributed by atoms with Gasteiger partial charge >= 0.3 is 0 Å². The van der Waals surface area contributed by atoms with E-state index in [0.717, 1.165) is 26.5 Å². The zero-order chi connectivity index (χ0) is 16.2. The van der Waals surface area contributed by atoms with Crippen molar-refractivity contribution < 1.29 is 4.74 Å². The molecular formula is C17H14ClN3OS. The zero-order valence-electron chi connectivity index (χ0n) is 12.4. The average Bonchev–Trinajstić information content (AvgIpc) is 2.97. The standard InChI is InChI=1S/C17H14ClN3OS/c1-22-13-4-5-14-15(9-13)23-17(21-14)7-3-12(18)8-11-2-6-16(19)20-10-11/h2-10H,1H3,(H2,19,20)/b7-3+,12-8-. The number of methoxy groups -OCH3 is 1. The van der Waals surface area contributed by atoms with Gasteiger partial charge in [-0.2, -0.15) is 0 Å². The second-order valence-electron chi connectivity index (χ2n) is 4.76. The number of allylic oxidation sites excluding steroid dienone is 2. The molecule has 0 atom stereocenters. The molecule has 3 aromatic rings. The van der Waals surface area contributed by atoms with E-state index in [9.17, 15) is 0 Å². The number of ether oxygens (including phenoxy) is 1. The first-order valence-electron chi connectivity index (χ1n) is 6.85. The van der Waals surface area contributed by atoms with Crippen molar-refractivity contribution in [1.82, 2.24) is 9.97 Å². The van der Waals surface area contributed by atoms with Gasteiger partial charge in [-0.1, -0.05) is 11.6 Å². The number of hydrogen-bond acceptors (Lipinski definition) is 5. The number of thiazole rings is 1. The minimum atomic E-state index is 0.485. The molecule has 6 heteroatoms. The molecule has 3 rings (SSSR count). The summed E-state index contributed by atoms with van der Waals surface area (Å²) < 4.78 is 6.30. The second kappa shape index (κ2) is 6.81. The second-order valence-corrected chi connectivity index (χ2v) is 6.26. The SMILES string of the molecule is COc1ccc2nc(/C=C/C(Cl)=C/c3ccc(N)nc3)sc2c1. The fourth-order valence-electron chi connectivity index (χ4n) is 1.98. The predicted molar refractivity (Wildman–Crippen MR) is 97.7 cm³/mol. The fraction of sp³-hybridized carbons (Fsp3) is 0.0588. The van der Waals surface area contributed by atoms with Crippen LogP contribution in [0.5, 0.6) is 5.75 Å². The highest BCUT2D eigenvalue weighted by Crippen LogP contribution is 2.27. The first-order valence-corrected chi connectivity index (χ1v) is 8.05. The Hall–Kier alpha value is -2.37. The quantitative estimate of drug-likeness (QED) is 0.704. The third kappa shape index (κ3) is 3.88. The Labute approximate surface area is 142 Å². The molecule has 0 unspecified atom stereocenters. The maximum absolute atomic E-state index is 6.22. The van der Waals surface area contributed by atoms with Gasteiger partial charge in [0.1, 0.15) is 16.6 Å². The van der Waals surface area contributed by atoms with Gasteiger partial charge in [0.2, 0.25) is 0 Å². The number of fused-ring (bicyclic) bond motifs is 1. The maximum atomic E-state index is 6.22. The molecule has 116 valence electrons. The van der Waals surface area contributed by atoms with Crippen LogP contribution in [-0.2, 0) is 0 Å². The van der Waals surface area contributed by atoms with Crippen LogP contribution in [0, 0.1) is 0 Å². The molecule has 1 aromatic carbocycles. The third-order valence-electron chi connectivity index (χ3n) is 3.11. The number of pyridine rings is 1. The molecule has 23 heavy (non-hydrogen) atoms. The number of anilines is 1. The van der Waals surface area contributed by atoms with Crippen LogP contribution >= 0.6 is 22.9 Å². The van der Waals surface area contributed by atoms with E-state index < -0.39 is 0 Å². The number of halogens is 1. The molecule has 2 aromatic heterocycles. The van der Waals surface area contributed by atoms with E-state index >= 15 is 0 Å². The molecule has 0 amide bonds. The molecular weight excluding hydrogens is 330 g/mol. The fourth-order valence-corrected chi connectivity index (χ4v) is 3.07. The molecule has 0 fully saturated rings. The van der Waals surface area contributed by atoms with E-state index in [1.54, 1.807) is 30.7 Å². The smallest absolute Gasteiger partial charge is 0.123 e. The molecule has 2 N–H and O–H groups in total. The van der Waals surface area contributed by atoms with E-state index in [-0.39, 0.29) is 0 Å². The Bertz CT molecular complexity index is 884. The number of rotatable bonds is 4. The Morgan fingerprint density at radius 2 is 2.17 bits per heavy atom. The molecule has 0 bridgehead atoms. The number of nitrogen functional groups attached to an aromatic ring is 1. The van der Waals surface area contributed by atoms with Crippen LogP contribution in [0.2, 0.25) is 0 Å². The van der Waals surface area contributed by atoms with Crippen molar-refractivity contribution in [1.29, 1.82) is 0 Å². The van der Waals surface area contributed by atoms with Crippen LogP contribution in [0.15, 0.2) is 47.6 Å². The predicted octanol–water partition coefficient (Wildman–Crippen LogP) is 4.58. The monoisotopic (exact) mass is 343 g/mol. The highest BCUT2D eigenvalue weighted by Gasteiger charge is 2.03. The van der Waals surface area contributed by atoms with Gasteiger partial charge in [0, 0.05) is 11.2 Å². The van der Waals surface area contributed by atoms with E-state index in [2.05, 4.69) is 9.97 Å². The first kappa shape index (κ1) is 15.5. The van der Waals surface area contributed by atoms with Gasteiger partial charge < -0.3 is 10.5 Å². The van der Waals surface area contributed by atoms with Crippen molar-refractivity contribution in [2.75, 3.05) is 12.8 Å². The highest BCUT2D eigenvalue weighted by molar-refractivity contribution is 7.19. The van der Waals surface area contributed by atoms with Gasteiger partial charge in [0.25, 0.3) is 0 Å². The van der Waals surface area contributed by atoms with Crippen LogP contribution in [0.1, 0.15) is 10.6 Å². The summed E-state index contributed by atoms with van der Waals surface area (Å²) in [4.78, 5) is 8.56. The minimum Gasteiger partial charge on any atom is -0.497 e. The van der Waals surface area contributed by atoms with Crippen LogP contribution in [0.4, 0.5) is 5.82 Å². The highest BCUT2D eigenvalue weighted by atomic mass is 35.5. The number of nitrogens with two attached hydrogens (primary N) is 1. The largest absolute Gasteiger partial charge is 0.497 e. The number of aromatic nitrogens is 2. The van der Waals surface area contributed by atoms with Gasteiger partial charge in [-0.15, -0.1) is 11.3 Å². The van der Waals surface area contributed by atoms with Gasteiger partial charge in [0.05, 0.1) is 17.3 Å². The number of benzene rings is 1. The summed E-state index contributed by atoms with van der Waals surface area (Å²) in [5.41, 5.74) is 7.39. The van der Waals surface area contributed by atoms with Crippen LogP contribution in [-0.4, -0.2) is 17.1 Å². The average molecular weight is 344 g/mol. The number of nitrogens with zero attached hydrogens (tertiary/aromatic N) is 2. The summed E-state index contributed by atoms with van der Waals surface area (Å²) in [7, 11) is 1.65. The topological polar surface area (TPSA) is 61.0 Å². The number of hydrogen-bond donors (Lipinski definition) is 1. The van der Waals surface area contributed by atoms with Crippen LogP contribution in [0.3, 0.4) is 0 Å². The van der Waals surface area contributed by atoms with Crippen molar-refractivity contribution in [3.63, 3.8) is 0 Å². The van der Waals surface area contributed by atoms with Gasteiger partial charge in [-0.3, -0.25) is 0 Å². The molecule has 0 aliphatic carbocycles. The Morgan fingerprint density at radius 3 is 2.91 bits per heavy atom. The van der Waals surface area contributed by atoms with Crippen molar-refractivity contribution in [3.8, 4) is 5.75 Å². The lowest BCUT2D eigenvalue weighted by molar-refractivity contribution is 0.415. The van der Waals surface area contributed by atoms with E-state index in [1.807, 2.05) is 42.5 Å². The summed E-state index contributed by atoms with van der Waals surface area (Å²) in [5, 5.41) is 1.48. The Morgan fingerprint density at radius 1 is 1.30 bits per heavy atom. The molecule has 2 heterocycles. The van der Waals surface area contributed by atoms with Gasteiger partial charge in [-0.05, 0) is 54.1 Å². The normalized spacial score (nSPS) is 12.2. The lowest BCUT2D eigenvalue weighted by Gasteiger charge is -1.96. The molecule has 4 nitrogen and oxygen atoms in total. The summed E-state index contributed by atoms with van der Waals surface area (Å²) in [5.74, 6) is 1.31. The van der Waals surface area contributed by atoms with E-state index in [1.165, 1.54) is 0 Å². The summed E-state index contributed by atoms with van der Waals surface area (Å²) >= 11 is 7.81. The molecule has 0 aliphatic heterocycles. The molecule has 0 radical (unpaired) electrons. The lowest BCUT2D eigenvalue weighted by Crippen LogP contribution is -1.88. The summed E-state index contributed by atoms with van der Waals surface area (Å²) in [6.07, 6.45) is 7.20. The molecule has 0 spiro atoms. The first-order chi connectivity index (χ1) is 11.1. The zero-order valence-corrected chi connectivity index (χ0v) is 13.9. The van der Waals surface area contributed by atoms with Crippen molar-refractivity contribution in [2.45, 2.75) is 0 Å². The lowest BCUT2D eigenvalue weighted by atomic mass is 10.2. The minimum absolute atomic E-state index is 0.485. The van der Waals surface area contributed by atoms with E-state index in [0.29, 0.717) is 10.9 Å².